The number of aliphatic hydroxyl groups is 1. The number of likely N-dealkylation sites (N-methyl/N-ethyl adjacent to an activating group) is 1. The van der Waals surface area contributed by atoms with Gasteiger partial charge in [-0.2, -0.15) is 11.8 Å². The van der Waals surface area contributed by atoms with Gasteiger partial charge >= 0.3 is 0 Å². The average molecular weight is 234 g/mol. The number of hydrogen-bond acceptors (Lipinski definition) is 4. The van der Waals surface area contributed by atoms with Crippen LogP contribution in [0.4, 0.5) is 0 Å². The van der Waals surface area contributed by atoms with Crippen molar-refractivity contribution in [1.29, 1.82) is 0 Å². The number of carbonyl (C=O) groups is 1. The number of hydrogen-bond donors (Lipinski definition) is 3. The van der Waals surface area contributed by atoms with Gasteiger partial charge < -0.3 is 16.2 Å². The second kappa shape index (κ2) is 7.09. The van der Waals surface area contributed by atoms with Crippen molar-refractivity contribution in [3.63, 3.8) is 0 Å². The van der Waals surface area contributed by atoms with E-state index in [1.807, 2.05) is 13.8 Å². The highest BCUT2D eigenvalue weighted by atomic mass is 32.2. The lowest BCUT2D eigenvalue weighted by atomic mass is 9.99. The van der Waals surface area contributed by atoms with Gasteiger partial charge in [0.25, 0.3) is 0 Å². The van der Waals surface area contributed by atoms with E-state index in [9.17, 15) is 4.79 Å². The third-order valence-electron chi connectivity index (χ3n) is 2.56. The molecule has 0 heterocycles. The molecule has 0 bridgehead atoms. The van der Waals surface area contributed by atoms with Crippen LogP contribution in [0.25, 0.3) is 0 Å². The van der Waals surface area contributed by atoms with Crippen LogP contribution >= 0.6 is 11.8 Å². The lowest BCUT2D eigenvalue weighted by molar-refractivity contribution is -0.123. The van der Waals surface area contributed by atoms with Crippen LogP contribution in [-0.2, 0) is 4.79 Å². The Morgan fingerprint density at radius 1 is 1.67 bits per heavy atom. The minimum Gasteiger partial charge on any atom is -0.396 e. The van der Waals surface area contributed by atoms with Crippen molar-refractivity contribution >= 4 is 17.7 Å². The number of nitrogens with two attached hydrogens (primary N) is 1. The predicted molar refractivity (Wildman–Crippen MR) is 64.9 cm³/mol. The highest BCUT2D eigenvalue weighted by Gasteiger charge is 2.28. The van der Waals surface area contributed by atoms with Gasteiger partial charge in [0.1, 0.15) is 0 Å². The molecule has 0 aliphatic carbocycles. The molecule has 0 aliphatic heterocycles. The largest absolute Gasteiger partial charge is 0.396 e. The van der Waals surface area contributed by atoms with Gasteiger partial charge in [0, 0.05) is 6.61 Å². The van der Waals surface area contributed by atoms with E-state index in [1.165, 1.54) is 0 Å². The van der Waals surface area contributed by atoms with Gasteiger partial charge in [0.05, 0.1) is 5.54 Å². The average Bonchev–Trinajstić information content (AvgIpc) is 2.23. The third-order valence-corrected chi connectivity index (χ3v) is 3.85. The molecule has 0 aromatic rings. The van der Waals surface area contributed by atoms with Crippen molar-refractivity contribution in [2.24, 2.45) is 11.7 Å². The Balaban J connectivity index is 3.78. The molecule has 15 heavy (non-hydrogen) atoms. The van der Waals surface area contributed by atoms with Crippen molar-refractivity contribution in [2.75, 3.05) is 25.2 Å². The first-order valence-electron chi connectivity index (χ1n) is 5.13. The molecular weight excluding hydrogens is 212 g/mol. The Labute approximate surface area is 96.0 Å². The molecular formula is C10H22N2O2S. The minimum atomic E-state index is -0.616. The van der Waals surface area contributed by atoms with E-state index in [1.54, 1.807) is 18.8 Å². The van der Waals surface area contributed by atoms with Crippen LogP contribution in [0, 0.1) is 5.92 Å². The summed E-state index contributed by atoms with van der Waals surface area (Å²) in [5.74, 6) is 1.77. The second-order valence-electron chi connectivity index (χ2n) is 4.06. The number of amides is 1. The summed E-state index contributed by atoms with van der Waals surface area (Å²) in [5, 5.41) is 11.8. The molecule has 0 rings (SSSR count). The van der Waals surface area contributed by atoms with E-state index in [0.29, 0.717) is 12.3 Å². The van der Waals surface area contributed by atoms with E-state index in [4.69, 9.17) is 10.8 Å². The fourth-order valence-electron chi connectivity index (χ4n) is 0.985. The van der Waals surface area contributed by atoms with Crippen LogP contribution in [0.1, 0.15) is 20.3 Å². The molecule has 0 aromatic carbocycles. The molecule has 0 aliphatic rings. The molecule has 0 radical (unpaired) electrons. The maximum absolute atomic E-state index is 11.1. The van der Waals surface area contributed by atoms with Gasteiger partial charge in [-0.25, -0.2) is 0 Å². The maximum atomic E-state index is 11.1. The molecule has 4 nitrogen and oxygen atoms in total. The Morgan fingerprint density at radius 3 is 2.67 bits per heavy atom. The Bertz CT molecular complexity index is 202. The van der Waals surface area contributed by atoms with E-state index in [0.717, 1.165) is 11.5 Å². The highest BCUT2D eigenvalue weighted by Crippen LogP contribution is 2.15. The lowest BCUT2D eigenvalue weighted by Crippen LogP contribution is -2.51. The fourth-order valence-corrected chi connectivity index (χ4v) is 2.21. The standard InChI is InChI=1S/C10H22N2O2S/c1-8(6-13)7-15-5-4-10(2,12-3)9(11)14/h8,12-13H,4-7H2,1-3H3,(H2,11,14). The van der Waals surface area contributed by atoms with E-state index >= 15 is 0 Å². The van der Waals surface area contributed by atoms with Crippen LogP contribution in [0.15, 0.2) is 0 Å². The first kappa shape index (κ1) is 14.7. The summed E-state index contributed by atoms with van der Waals surface area (Å²) in [6, 6.07) is 0. The third kappa shape index (κ3) is 5.39. The monoisotopic (exact) mass is 234 g/mol. The summed E-state index contributed by atoms with van der Waals surface area (Å²) in [7, 11) is 1.74. The summed E-state index contributed by atoms with van der Waals surface area (Å²) in [6.07, 6.45) is 0.710. The van der Waals surface area contributed by atoms with Crippen LogP contribution in [-0.4, -0.2) is 41.7 Å². The highest BCUT2D eigenvalue weighted by molar-refractivity contribution is 7.99. The first-order chi connectivity index (χ1) is 6.96. The quantitative estimate of drug-likeness (QED) is 0.525. The predicted octanol–water partition coefficient (Wildman–Crippen LogP) is 0.202. The Morgan fingerprint density at radius 2 is 2.27 bits per heavy atom. The zero-order valence-corrected chi connectivity index (χ0v) is 10.6. The minimum absolute atomic E-state index is 0.214. The van der Waals surface area contributed by atoms with E-state index in [2.05, 4.69) is 5.32 Å². The molecule has 2 unspecified atom stereocenters. The summed E-state index contributed by atoms with van der Waals surface area (Å²) in [6.45, 7) is 4.02. The zero-order chi connectivity index (χ0) is 11.9. The van der Waals surface area contributed by atoms with Crippen molar-refractivity contribution in [3.05, 3.63) is 0 Å². The van der Waals surface area contributed by atoms with Gasteiger partial charge in [0.2, 0.25) is 5.91 Å². The molecule has 0 fully saturated rings. The van der Waals surface area contributed by atoms with Crippen molar-refractivity contribution < 1.29 is 9.90 Å². The maximum Gasteiger partial charge on any atom is 0.237 e. The molecule has 90 valence electrons. The summed E-state index contributed by atoms with van der Waals surface area (Å²) in [4.78, 5) is 11.1. The van der Waals surface area contributed by atoms with Crippen LogP contribution in [0.3, 0.4) is 0 Å². The second-order valence-corrected chi connectivity index (χ2v) is 5.21. The zero-order valence-electron chi connectivity index (χ0n) is 9.75. The van der Waals surface area contributed by atoms with Gasteiger partial charge in [-0.05, 0) is 37.8 Å². The number of primary amides is 1. The number of nitrogens with one attached hydrogen (secondary N) is 1. The molecule has 0 saturated carbocycles. The molecule has 0 spiro atoms. The number of rotatable bonds is 8. The van der Waals surface area contributed by atoms with Crippen molar-refractivity contribution in [3.8, 4) is 0 Å². The summed E-state index contributed by atoms with van der Waals surface area (Å²) in [5.41, 5.74) is 4.68. The molecule has 0 aromatic heterocycles. The van der Waals surface area contributed by atoms with E-state index in [-0.39, 0.29) is 12.5 Å². The van der Waals surface area contributed by atoms with Crippen LogP contribution < -0.4 is 11.1 Å². The topological polar surface area (TPSA) is 75.3 Å². The number of thioether (sulfide) groups is 1. The summed E-state index contributed by atoms with van der Waals surface area (Å²) >= 11 is 1.74. The van der Waals surface area contributed by atoms with Crippen molar-refractivity contribution in [2.45, 2.75) is 25.8 Å². The smallest absolute Gasteiger partial charge is 0.237 e. The first-order valence-corrected chi connectivity index (χ1v) is 6.29. The van der Waals surface area contributed by atoms with Gasteiger partial charge in [-0.15, -0.1) is 0 Å². The Hall–Kier alpha value is -0.260. The lowest BCUT2D eigenvalue weighted by Gasteiger charge is -2.25. The molecule has 4 N–H and O–H groups in total. The molecule has 1 amide bonds. The summed E-state index contributed by atoms with van der Waals surface area (Å²) < 4.78 is 0. The van der Waals surface area contributed by atoms with Gasteiger partial charge in [0.15, 0.2) is 0 Å². The van der Waals surface area contributed by atoms with Crippen LogP contribution in [0.2, 0.25) is 0 Å². The molecule has 2 atom stereocenters. The van der Waals surface area contributed by atoms with E-state index < -0.39 is 5.54 Å². The Kier molecular flexibility index (Phi) is 6.96. The number of aliphatic hydroxyl groups excluding tert-OH is 1. The van der Waals surface area contributed by atoms with Gasteiger partial charge in [-0.3, -0.25) is 4.79 Å². The SMILES string of the molecule is CNC(C)(CCSCC(C)CO)C(N)=O. The van der Waals surface area contributed by atoms with Crippen LogP contribution in [0.5, 0.6) is 0 Å². The molecule has 0 saturated heterocycles. The normalized spacial score (nSPS) is 17.1. The number of carbonyl (C=O) groups excluding carboxylic acids is 1. The van der Waals surface area contributed by atoms with Gasteiger partial charge in [-0.1, -0.05) is 6.92 Å². The fraction of sp³-hybridized carbons (Fsp3) is 0.900. The molecule has 5 heteroatoms. The van der Waals surface area contributed by atoms with Crippen molar-refractivity contribution in [1.82, 2.24) is 5.32 Å².